The van der Waals surface area contributed by atoms with Crippen molar-refractivity contribution in [3.63, 3.8) is 0 Å². The number of ether oxygens (including phenoxy) is 2. The summed E-state index contributed by atoms with van der Waals surface area (Å²) >= 11 is 3.51. The lowest BCUT2D eigenvalue weighted by Crippen LogP contribution is -2.40. The van der Waals surface area contributed by atoms with Crippen LogP contribution in [-0.2, 0) is 32.4 Å². The molecule has 168 valence electrons. The van der Waals surface area contributed by atoms with Gasteiger partial charge < -0.3 is 14.8 Å². The van der Waals surface area contributed by atoms with Crippen molar-refractivity contribution >= 4 is 37.5 Å². The Balaban J connectivity index is 1.62. The van der Waals surface area contributed by atoms with Crippen LogP contribution in [0.4, 0.5) is 5.69 Å². The third-order valence-electron chi connectivity index (χ3n) is 5.09. The van der Waals surface area contributed by atoms with Gasteiger partial charge in [-0.2, -0.15) is 4.31 Å². The Kier molecular flexibility index (Phi) is 8.10. The summed E-state index contributed by atoms with van der Waals surface area (Å²) in [4.78, 5) is 12.7. The van der Waals surface area contributed by atoms with Gasteiger partial charge in [0.1, 0.15) is 5.75 Å². The Bertz CT molecular complexity index is 994. The van der Waals surface area contributed by atoms with Gasteiger partial charge >= 0.3 is 0 Å². The molecular weight excluding hydrogens is 484 g/mol. The van der Waals surface area contributed by atoms with Gasteiger partial charge in [-0.15, -0.1) is 0 Å². The highest BCUT2D eigenvalue weighted by Gasteiger charge is 2.26. The molecule has 1 saturated heterocycles. The van der Waals surface area contributed by atoms with Gasteiger partial charge in [-0.05, 0) is 60.4 Å². The van der Waals surface area contributed by atoms with Crippen molar-refractivity contribution in [1.82, 2.24) is 4.31 Å². The highest BCUT2D eigenvalue weighted by Crippen LogP contribution is 2.27. The SMILES string of the molecule is CCc1cc(Br)cc(CC)c1NC(=O)COc1ccc(S(=O)(=O)N2CCOCC2)cc1. The molecule has 0 atom stereocenters. The lowest BCUT2D eigenvalue weighted by molar-refractivity contribution is -0.118. The molecule has 1 heterocycles. The van der Waals surface area contributed by atoms with Crippen LogP contribution in [-0.4, -0.2) is 51.5 Å². The van der Waals surface area contributed by atoms with Gasteiger partial charge in [0, 0.05) is 23.2 Å². The van der Waals surface area contributed by atoms with E-state index >= 15 is 0 Å². The van der Waals surface area contributed by atoms with E-state index in [1.54, 1.807) is 12.1 Å². The number of nitrogens with zero attached hydrogens (tertiary/aromatic N) is 1. The predicted octanol–water partition coefficient (Wildman–Crippen LogP) is 3.61. The van der Waals surface area contributed by atoms with E-state index in [0.717, 1.165) is 34.1 Å². The zero-order valence-electron chi connectivity index (χ0n) is 17.7. The molecule has 1 aliphatic heterocycles. The molecule has 31 heavy (non-hydrogen) atoms. The average molecular weight is 511 g/mol. The lowest BCUT2D eigenvalue weighted by atomic mass is 10.0. The van der Waals surface area contributed by atoms with E-state index in [1.807, 2.05) is 26.0 Å². The average Bonchev–Trinajstić information content (AvgIpc) is 2.79. The molecule has 2 aromatic rings. The number of rotatable bonds is 8. The molecule has 0 radical (unpaired) electrons. The summed E-state index contributed by atoms with van der Waals surface area (Å²) in [5.41, 5.74) is 2.93. The van der Waals surface area contributed by atoms with Crippen molar-refractivity contribution in [1.29, 1.82) is 0 Å². The van der Waals surface area contributed by atoms with Gasteiger partial charge in [0.05, 0.1) is 18.1 Å². The zero-order chi connectivity index (χ0) is 22.4. The molecule has 7 nitrogen and oxygen atoms in total. The third kappa shape index (κ3) is 5.85. The number of halogens is 1. The van der Waals surface area contributed by atoms with Crippen molar-refractivity contribution in [3.8, 4) is 5.75 Å². The number of morpholine rings is 1. The summed E-state index contributed by atoms with van der Waals surface area (Å²) in [5.74, 6) is 0.162. The first-order valence-corrected chi connectivity index (χ1v) is 12.5. The quantitative estimate of drug-likeness (QED) is 0.586. The summed E-state index contributed by atoms with van der Waals surface area (Å²) in [5, 5.41) is 2.96. The van der Waals surface area contributed by atoms with Crippen LogP contribution in [0.2, 0.25) is 0 Å². The van der Waals surface area contributed by atoms with Crippen LogP contribution in [0, 0.1) is 0 Å². The van der Waals surface area contributed by atoms with Gasteiger partial charge in [-0.3, -0.25) is 4.79 Å². The molecular formula is C22H27BrN2O5S. The monoisotopic (exact) mass is 510 g/mol. The van der Waals surface area contributed by atoms with Crippen LogP contribution in [0.1, 0.15) is 25.0 Å². The smallest absolute Gasteiger partial charge is 0.262 e. The Hall–Kier alpha value is -1.94. The number of carbonyl (C=O) groups is 1. The Labute approximate surface area is 191 Å². The highest BCUT2D eigenvalue weighted by atomic mass is 79.9. The molecule has 0 bridgehead atoms. The van der Waals surface area contributed by atoms with E-state index < -0.39 is 10.0 Å². The van der Waals surface area contributed by atoms with E-state index in [9.17, 15) is 13.2 Å². The van der Waals surface area contributed by atoms with E-state index in [0.29, 0.717) is 32.1 Å². The fourth-order valence-electron chi connectivity index (χ4n) is 3.41. The van der Waals surface area contributed by atoms with Crippen molar-refractivity contribution in [3.05, 3.63) is 52.0 Å². The van der Waals surface area contributed by atoms with Crippen molar-refractivity contribution in [2.45, 2.75) is 31.6 Å². The normalized spacial score (nSPS) is 14.9. The summed E-state index contributed by atoms with van der Waals surface area (Å²) in [6.45, 7) is 5.39. The largest absolute Gasteiger partial charge is 0.484 e. The van der Waals surface area contributed by atoms with E-state index in [4.69, 9.17) is 9.47 Å². The maximum Gasteiger partial charge on any atom is 0.262 e. The summed E-state index contributed by atoms with van der Waals surface area (Å²) in [6, 6.07) is 10.1. The molecule has 3 rings (SSSR count). The molecule has 1 amide bonds. The second-order valence-corrected chi connectivity index (χ2v) is 9.98. The van der Waals surface area contributed by atoms with Gasteiger partial charge in [-0.25, -0.2) is 8.42 Å². The molecule has 0 aliphatic carbocycles. The second kappa shape index (κ2) is 10.6. The number of nitrogens with one attached hydrogen (secondary N) is 1. The first kappa shape index (κ1) is 23.7. The van der Waals surface area contributed by atoms with Gasteiger partial charge in [0.25, 0.3) is 5.91 Å². The van der Waals surface area contributed by atoms with Crippen molar-refractivity contribution in [2.24, 2.45) is 0 Å². The maximum atomic E-state index is 12.7. The highest BCUT2D eigenvalue weighted by molar-refractivity contribution is 9.10. The molecule has 9 heteroatoms. The first-order valence-electron chi connectivity index (χ1n) is 10.3. The van der Waals surface area contributed by atoms with Gasteiger partial charge in [-0.1, -0.05) is 29.8 Å². The lowest BCUT2D eigenvalue weighted by Gasteiger charge is -2.26. The van der Waals surface area contributed by atoms with Crippen molar-refractivity contribution in [2.75, 3.05) is 38.2 Å². The Morgan fingerprint density at radius 2 is 1.68 bits per heavy atom. The standard InChI is InChI=1S/C22H27BrN2O5S/c1-3-16-13-18(23)14-17(4-2)22(16)24-21(26)15-30-19-5-7-20(8-6-19)31(27,28)25-9-11-29-12-10-25/h5-8,13-14H,3-4,9-12,15H2,1-2H3,(H,24,26). The number of hydrogen-bond donors (Lipinski definition) is 1. The second-order valence-electron chi connectivity index (χ2n) is 7.13. The molecule has 2 aromatic carbocycles. The van der Waals surface area contributed by atoms with Crippen LogP contribution in [0.15, 0.2) is 45.8 Å². The molecule has 1 fully saturated rings. The van der Waals surface area contributed by atoms with Crippen LogP contribution in [0.5, 0.6) is 5.75 Å². The number of carbonyl (C=O) groups excluding carboxylic acids is 1. The summed E-state index contributed by atoms with van der Waals surface area (Å²) < 4.78 is 38.5. The molecule has 0 saturated carbocycles. The number of hydrogen-bond acceptors (Lipinski definition) is 5. The number of sulfonamides is 1. The van der Waals surface area contributed by atoms with Crippen molar-refractivity contribution < 1.29 is 22.7 Å². The molecule has 0 aromatic heterocycles. The topological polar surface area (TPSA) is 84.9 Å². The number of benzene rings is 2. The minimum Gasteiger partial charge on any atom is -0.484 e. The number of aryl methyl sites for hydroxylation is 2. The fourth-order valence-corrected chi connectivity index (χ4v) is 5.37. The molecule has 0 spiro atoms. The number of anilines is 1. The van der Waals surface area contributed by atoms with E-state index in [-0.39, 0.29) is 17.4 Å². The maximum absolute atomic E-state index is 12.7. The first-order chi connectivity index (χ1) is 14.8. The Morgan fingerprint density at radius 1 is 1.10 bits per heavy atom. The fraction of sp³-hybridized carbons (Fsp3) is 0.409. The molecule has 1 aliphatic rings. The van der Waals surface area contributed by atoms with Crippen LogP contribution >= 0.6 is 15.9 Å². The number of amides is 1. The van der Waals surface area contributed by atoms with Crippen LogP contribution in [0.25, 0.3) is 0 Å². The molecule has 1 N–H and O–H groups in total. The zero-order valence-corrected chi connectivity index (χ0v) is 20.1. The molecule has 0 unspecified atom stereocenters. The van der Waals surface area contributed by atoms with E-state index in [1.165, 1.54) is 16.4 Å². The minimum absolute atomic E-state index is 0.169. The summed E-state index contributed by atoms with van der Waals surface area (Å²) in [7, 11) is -3.56. The van der Waals surface area contributed by atoms with Gasteiger partial charge in [0.2, 0.25) is 10.0 Å². The van der Waals surface area contributed by atoms with E-state index in [2.05, 4.69) is 21.2 Å². The predicted molar refractivity (Wildman–Crippen MR) is 123 cm³/mol. The van der Waals surface area contributed by atoms with Crippen LogP contribution in [0.3, 0.4) is 0 Å². The third-order valence-corrected chi connectivity index (χ3v) is 7.46. The summed E-state index contributed by atoms with van der Waals surface area (Å²) in [6.07, 6.45) is 1.59. The van der Waals surface area contributed by atoms with Gasteiger partial charge in [0.15, 0.2) is 6.61 Å². The minimum atomic E-state index is -3.56. The Morgan fingerprint density at radius 3 is 2.23 bits per heavy atom. The van der Waals surface area contributed by atoms with Crippen LogP contribution < -0.4 is 10.1 Å².